The number of nitrogens with one attached hydrogen (secondary N) is 1. The molecule has 0 spiro atoms. The predicted molar refractivity (Wildman–Crippen MR) is 82.4 cm³/mol. The van der Waals surface area contributed by atoms with E-state index in [9.17, 15) is 4.79 Å². The number of hydrogen-bond donors (Lipinski definition) is 1. The van der Waals surface area contributed by atoms with Crippen molar-refractivity contribution in [2.24, 2.45) is 0 Å². The first-order chi connectivity index (χ1) is 10.7. The predicted octanol–water partition coefficient (Wildman–Crippen LogP) is 2.78. The van der Waals surface area contributed by atoms with E-state index in [0.29, 0.717) is 30.2 Å². The summed E-state index contributed by atoms with van der Waals surface area (Å²) in [4.78, 5) is 20.6. The second kappa shape index (κ2) is 6.79. The van der Waals surface area contributed by atoms with E-state index in [2.05, 4.69) is 15.3 Å². The number of carbonyl (C=O) groups excluding carboxylic acids is 1. The van der Waals surface area contributed by atoms with Crippen molar-refractivity contribution in [1.82, 2.24) is 9.97 Å². The molecule has 7 heteroatoms. The molecule has 1 unspecified atom stereocenters. The quantitative estimate of drug-likeness (QED) is 0.811. The number of nitrogens with zero attached hydrogens (tertiary/aromatic N) is 2. The maximum Gasteiger partial charge on any atom is 0.358 e. The van der Waals surface area contributed by atoms with Crippen molar-refractivity contribution in [1.29, 1.82) is 0 Å². The van der Waals surface area contributed by atoms with Crippen LogP contribution in [0.5, 0.6) is 0 Å². The minimum Gasteiger partial charge on any atom is -0.464 e. The largest absolute Gasteiger partial charge is 0.464 e. The Morgan fingerprint density at radius 3 is 2.86 bits per heavy atom. The Bertz CT molecular complexity index is 557. The number of carbonyl (C=O) groups is 1. The van der Waals surface area contributed by atoms with E-state index in [1.807, 2.05) is 0 Å². The zero-order valence-electron chi connectivity index (χ0n) is 12.6. The highest BCUT2D eigenvalue weighted by molar-refractivity contribution is 6.35. The molecule has 2 heterocycles. The molecule has 2 fully saturated rings. The monoisotopic (exact) mass is 325 g/mol. The van der Waals surface area contributed by atoms with Crippen LogP contribution < -0.4 is 5.32 Å². The molecular formula is C15H20ClN3O3. The normalized spacial score (nSPS) is 20.9. The van der Waals surface area contributed by atoms with Gasteiger partial charge >= 0.3 is 5.97 Å². The van der Waals surface area contributed by atoms with E-state index in [4.69, 9.17) is 21.1 Å². The van der Waals surface area contributed by atoms with Gasteiger partial charge in [0.05, 0.1) is 13.2 Å². The fourth-order valence-corrected chi connectivity index (χ4v) is 2.79. The molecule has 0 radical (unpaired) electrons. The molecular weight excluding hydrogens is 306 g/mol. The van der Waals surface area contributed by atoms with Crippen LogP contribution in [0.15, 0.2) is 0 Å². The van der Waals surface area contributed by atoms with Crippen molar-refractivity contribution >= 4 is 23.4 Å². The summed E-state index contributed by atoms with van der Waals surface area (Å²) in [7, 11) is 1.32. The van der Waals surface area contributed by atoms with Crippen LogP contribution in [0.4, 0.5) is 5.82 Å². The first kappa shape index (κ1) is 15.5. The Labute approximate surface area is 134 Å². The van der Waals surface area contributed by atoms with Gasteiger partial charge in [-0.3, -0.25) is 0 Å². The summed E-state index contributed by atoms with van der Waals surface area (Å²) in [5.74, 6) is 0.984. The summed E-state index contributed by atoms with van der Waals surface area (Å²) >= 11 is 6.26. The maximum absolute atomic E-state index is 11.8. The Kier molecular flexibility index (Phi) is 4.78. The molecule has 1 aromatic heterocycles. The lowest BCUT2D eigenvalue weighted by Crippen LogP contribution is -2.16. The number of methoxy groups -OCH3 is 1. The van der Waals surface area contributed by atoms with Gasteiger partial charge in [0.2, 0.25) is 0 Å². The summed E-state index contributed by atoms with van der Waals surface area (Å²) in [6.07, 6.45) is 5.52. The van der Waals surface area contributed by atoms with Crippen LogP contribution >= 0.6 is 11.6 Å². The number of halogens is 1. The molecule has 3 rings (SSSR count). The molecule has 6 nitrogen and oxygen atoms in total. The molecule has 1 aromatic rings. The fourth-order valence-electron chi connectivity index (χ4n) is 2.56. The molecule has 1 N–H and O–H groups in total. The van der Waals surface area contributed by atoms with Crippen molar-refractivity contribution in [3.05, 3.63) is 16.5 Å². The highest BCUT2D eigenvalue weighted by atomic mass is 35.5. The molecule has 0 bridgehead atoms. The van der Waals surface area contributed by atoms with Crippen LogP contribution in [0, 0.1) is 0 Å². The van der Waals surface area contributed by atoms with Gasteiger partial charge in [0, 0.05) is 19.1 Å². The zero-order valence-corrected chi connectivity index (χ0v) is 13.4. The Hall–Kier alpha value is -1.40. The minimum atomic E-state index is -0.531. The number of esters is 1. The summed E-state index contributed by atoms with van der Waals surface area (Å²) < 4.78 is 10.3. The zero-order chi connectivity index (χ0) is 15.5. The number of anilines is 1. The summed E-state index contributed by atoms with van der Waals surface area (Å²) in [5.41, 5.74) is 0.140. The number of rotatable bonds is 6. The lowest BCUT2D eigenvalue weighted by Gasteiger charge is -2.13. The second-order valence-corrected chi connectivity index (χ2v) is 6.09. The highest BCUT2D eigenvalue weighted by Gasteiger charge is 2.30. The summed E-state index contributed by atoms with van der Waals surface area (Å²) in [6.45, 7) is 1.55. The first-order valence-electron chi connectivity index (χ1n) is 7.70. The molecule has 1 atom stereocenters. The van der Waals surface area contributed by atoms with Crippen molar-refractivity contribution in [3.63, 3.8) is 0 Å². The van der Waals surface area contributed by atoms with Crippen molar-refractivity contribution in [2.75, 3.05) is 25.6 Å². The first-order valence-corrected chi connectivity index (χ1v) is 8.08. The van der Waals surface area contributed by atoms with Gasteiger partial charge in [0.15, 0.2) is 5.69 Å². The standard InChI is InChI=1S/C15H20ClN3O3/c1-21-15(20)12-11(16)14(19-13(18-12)9-4-5-9)17-7-6-10-3-2-8-22-10/h9-10H,2-8H2,1H3,(H,17,18,19). The van der Waals surface area contributed by atoms with Crippen LogP contribution in [0.2, 0.25) is 5.02 Å². The van der Waals surface area contributed by atoms with Gasteiger partial charge in [-0.2, -0.15) is 0 Å². The van der Waals surface area contributed by atoms with Crippen molar-refractivity contribution in [2.45, 2.75) is 44.1 Å². The van der Waals surface area contributed by atoms with E-state index in [1.165, 1.54) is 7.11 Å². The smallest absolute Gasteiger partial charge is 0.358 e. The Balaban J connectivity index is 1.73. The van der Waals surface area contributed by atoms with Gasteiger partial charge < -0.3 is 14.8 Å². The molecule has 1 saturated heterocycles. The molecule has 0 aromatic carbocycles. The topological polar surface area (TPSA) is 73.3 Å². The number of aromatic nitrogens is 2. The van der Waals surface area contributed by atoms with Gasteiger partial charge in [-0.25, -0.2) is 14.8 Å². The van der Waals surface area contributed by atoms with E-state index in [0.717, 1.165) is 38.7 Å². The molecule has 1 aliphatic heterocycles. The second-order valence-electron chi connectivity index (χ2n) is 5.71. The van der Waals surface area contributed by atoms with Gasteiger partial charge in [0.1, 0.15) is 16.7 Å². The van der Waals surface area contributed by atoms with Gasteiger partial charge in [-0.05, 0) is 32.1 Å². The van der Waals surface area contributed by atoms with E-state index < -0.39 is 5.97 Å². The van der Waals surface area contributed by atoms with Crippen LogP contribution in [-0.4, -0.2) is 42.3 Å². The molecule has 2 aliphatic rings. The highest BCUT2D eigenvalue weighted by Crippen LogP contribution is 2.39. The van der Waals surface area contributed by atoms with E-state index in [1.54, 1.807) is 0 Å². The fraction of sp³-hybridized carbons (Fsp3) is 0.667. The maximum atomic E-state index is 11.8. The third kappa shape index (κ3) is 3.50. The van der Waals surface area contributed by atoms with Crippen LogP contribution in [0.25, 0.3) is 0 Å². The lowest BCUT2D eigenvalue weighted by atomic mass is 10.2. The third-order valence-corrected chi connectivity index (χ3v) is 4.33. The Morgan fingerprint density at radius 2 is 2.23 bits per heavy atom. The number of hydrogen-bond acceptors (Lipinski definition) is 6. The van der Waals surface area contributed by atoms with Crippen LogP contribution in [0.3, 0.4) is 0 Å². The van der Waals surface area contributed by atoms with E-state index in [-0.39, 0.29) is 10.7 Å². The molecule has 1 saturated carbocycles. The summed E-state index contributed by atoms with van der Waals surface area (Å²) in [6, 6.07) is 0. The van der Waals surface area contributed by atoms with Gasteiger partial charge in [-0.1, -0.05) is 11.6 Å². The number of ether oxygens (including phenoxy) is 2. The van der Waals surface area contributed by atoms with E-state index >= 15 is 0 Å². The lowest BCUT2D eigenvalue weighted by molar-refractivity contribution is 0.0593. The summed E-state index contributed by atoms with van der Waals surface area (Å²) in [5, 5.41) is 3.44. The van der Waals surface area contributed by atoms with Crippen LogP contribution in [-0.2, 0) is 9.47 Å². The van der Waals surface area contributed by atoms with Gasteiger partial charge in [-0.15, -0.1) is 0 Å². The average Bonchev–Trinajstić information content (AvgIpc) is 3.25. The SMILES string of the molecule is COC(=O)c1nc(C2CC2)nc(NCCC2CCCO2)c1Cl. The molecule has 0 amide bonds. The third-order valence-electron chi connectivity index (χ3n) is 3.97. The Morgan fingerprint density at radius 1 is 1.41 bits per heavy atom. The average molecular weight is 326 g/mol. The molecule has 22 heavy (non-hydrogen) atoms. The van der Waals surface area contributed by atoms with Crippen LogP contribution in [0.1, 0.15) is 54.3 Å². The van der Waals surface area contributed by atoms with Crippen molar-refractivity contribution < 1.29 is 14.3 Å². The minimum absolute atomic E-state index is 0.140. The van der Waals surface area contributed by atoms with Crippen molar-refractivity contribution in [3.8, 4) is 0 Å². The molecule has 1 aliphatic carbocycles. The molecule has 120 valence electrons. The van der Waals surface area contributed by atoms with Gasteiger partial charge in [0.25, 0.3) is 0 Å².